The number of fused-ring (bicyclic) bond motifs is 1. The van der Waals surface area contributed by atoms with E-state index in [2.05, 4.69) is 4.98 Å². The Kier molecular flexibility index (Phi) is 4.35. The summed E-state index contributed by atoms with van der Waals surface area (Å²) in [4.78, 5) is 20.7. The molecule has 5 nitrogen and oxygen atoms in total. The van der Waals surface area contributed by atoms with E-state index in [1.165, 1.54) is 0 Å². The van der Waals surface area contributed by atoms with Crippen LogP contribution in [0.25, 0.3) is 10.9 Å². The molecule has 0 radical (unpaired) electrons. The average Bonchev–Trinajstić information content (AvgIpc) is 3.17. The van der Waals surface area contributed by atoms with Gasteiger partial charge in [-0.05, 0) is 29.8 Å². The zero-order valence-electron chi connectivity index (χ0n) is 13.4. The van der Waals surface area contributed by atoms with Crippen molar-refractivity contribution in [3.8, 4) is 0 Å². The van der Waals surface area contributed by atoms with Crippen LogP contribution in [-0.4, -0.2) is 9.55 Å². The second-order valence-corrected chi connectivity index (χ2v) is 6.52. The summed E-state index contributed by atoms with van der Waals surface area (Å²) < 4.78 is 7.10. The topological polar surface area (TPSA) is 62.2 Å². The summed E-state index contributed by atoms with van der Waals surface area (Å²) in [5.74, 6) is 1.47. The molecule has 4 rings (SSSR count). The fourth-order valence-electron chi connectivity index (χ4n) is 2.62. The zero-order chi connectivity index (χ0) is 17.1. The summed E-state index contributed by atoms with van der Waals surface area (Å²) in [7, 11) is 0. The van der Waals surface area contributed by atoms with Crippen molar-refractivity contribution in [1.82, 2.24) is 9.55 Å². The molecule has 3 heterocycles. The van der Waals surface area contributed by atoms with Crippen LogP contribution in [0.5, 0.6) is 0 Å². The van der Waals surface area contributed by atoms with Crippen LogP contribution in [0, 0.1) is 0 Å². The third-order valence-electron chi connectivity index (χ3n) is 3.88. The van der Waals surface area contributed by atoms with Crippen LogP contribution in [0.1, 0.15) is 11.3 Å². The highest BCUT2D eigenvalue weighted by atomic mass is 32.2. The van der Waals surface area contributed by atoms with Gasteiger partial charge in [0, 0.05) is 17.9 Å². The molecule has 0 unspecified atom stereocenters. The van der Waals surface area contributed by atoms with Crippen LogP contribution >= 0.6 is 11.8 Å². The smallest absolute Gasteiger partial charge is 0.262 e. The Labute approximate surface area is 148 Å². The molecule has 0 amide bonds. The van der Waals surface area contributed by atoms with Crippen molar-refractivity contribution in [2.75, 3.05) is 0 Å². The molecular weight excluding hydrogens is 334 g/mol. The number of nitrogens with zero attached hydrogens (tertiary/aromatic N) is 2. The maximum absolute atomic E-state index is 12.9. The van der Waals surface area contributed by atoms with E-state index in [4.69, 9.17) is 9.40 Å². The Morgan fingerprint density at radius 3 is 2.72 bits per heavy atom. The van der Waals surface area contributed by atoms with Crippen LogP contribution in [0.2, 0.25) is 0 Å². The SMILES string of the molecule is O=c1c2ccccc2nc(SCc2cc[nH+]cc2)n1Cc1ccco1. The van der Waals surface area contributed by atoms with E-state index in [9.17, 15) is 4.79 Å². The van der Waals surface area contributed by atoms with E-state index in [0.717, 1.165) is 17.1 Å². The minimum atomic E-state index is -0.0501. The maximum Gasteiger partial charge on any atom is 0.262 e. The minimum Gasteiger partial charge on any atom is -0.467 e. The van der Waals surface area contributed by atoms with Gasteiger partial charge in [0.2, 0.25) is 0 Å². The van der Waals surface area contributed by atoms with Gasteiger partial charge in [-0.25, -0.2) is 9.97 Å². The number of aromatic amines is 1. The summed E-state index contributed by atoms with van der Waals surface area (Å²) >= 11 is 1.55. The number of pyridine rings is 1. The van der Waals surface area contributed by atoms with Gasteiger partial charge < -0.3 is 4.42 Å². The molecule has 0 fully saturated rings. The van der Waals surface area contributed by atoms with Crippen molar-refractivity contribution in [3.63, 3.8) is 0 Å². The normalized spacial score (nSPS) is 11.0. The van der Waals surface area contributed by atoms with Gasteiger partial charge >= 0.3 is 0 Å². The largest absolute Gasteiger partial charge is 0.467 e. The monoisotopic (exact) mass is 350 g/mol. The number of furan rings is 1. The first kappa shape index (κ1) is 15.7. The second kappa shape index (κ2) is 6.94. The first-order chi connectivity index (χ1) is 12.3. The van der Waals surface area contributed by atoms with Gasteiger partial charge in [-0.2, -0.15) is 0 Å². The molecule has 6 heteroatoms. The van der Waals surface area contributed by atoms with Crippen molar-refractivity contribution >= 4 is 22.7 Å². The molecule has 0 saturated carbocycles. The summed E-state index contributed by atoms with van der Waals surface area (Å²) in [5.41, 5.74) is 1.83. The third kappa shape index (κ3) is 3.34. The fraction of sp³-hybridized carbons (Fsp3) is 0.105. The number of thioether (sulfide) groups is 1. The fourth-order valence-corrected chi connectivity index (χ4v) is 3.58. The van der Waals surface area contributed by atoms with Crippen molar-refractivity contribution in [1.29, 1.82) is 0 Å². The Hall–Kier alpha value is -2.86. The number of rotatable bonds is 5. The lowest BCUT2D eigenvalue weighted by atomic mass is 10.2. The number of aromatic nitrogens is 3. The molecule has 0 spiro atoms. The van der Waals surface area contributed by atoms with Crippen LogP contribution in [0.3, 0.4) is 0 Å². The molecule has 0 bridgehead atoms. The average molecular weight is 350 g/mol. The Morgan fingerprint density at radius 1 is 1.08 bits per heavy atom. The lowest BCUT2D eigenvalue weighted by molar-refractivity contribution is -0.378. The Morgan fingerprint density at radius 2 is 1.92 bits per heavy atom. The third-order valence-corrected chi connectivity index (χ3v) is 4.92. The summed E-state index contributed by atoms with van der Waals surface area (Å²) in [6.07, 6.45) is 5.39. The molecule has 0 atom stereocenters. The first-order valence-corrected chi connectivity index (χ1v) is 8.89. The van der Waals surface area contributed by atoms with Gasteiger partial charge in [-0.1, -0.05) is 23.9 Å². The van der Waals surface area contributed by atoms with E-state index in [-0.39, 0.29) is 5.56 Å². The molecule has 4 aromatic rings. The van der Waals surface area contributed by atoms with Crippen LogP contribution < -0.4 is 10.5 Å². The van der Waals surface area contributed by atoms with Crippen LogP contribution in [0.4, 0.5) is 0 Å². The molecule has 0 aliphatic carbocycles. The van der Waals surface area contributed by atoms with Crippen LogP contribution in [0.15, 0.2) is 81.6 Å². The molecular formula is C19H16N3O2S+. The molecule has 1 aromatic carbocycles. The lowest BCUT2D eigenvalue weighted by Gasteiger charge is -2.12. The maximum atomic E-state index is 12.9. The molecule has 124 valence electrons. The molecule has 1 N–H and O–H groups in total. The predicted octanol–water partition coefficient (Wildman–Crippen LogP) is 3.14. The Bertz CT molecular complexity index is 1040. The standard InChI is InChI=1S/C19H15N3O2S/c23-18-16-5-1-2-6-17(16)21-19(22(18)12-15-4-3-11-24-15)25-13-14-7-9-20-10-8-14/h1-11H,12-13H2/p+1. The molecule has 3 aromatic heterocycles. The summed E-state index contributed by atoms with van der Waals surface area (Å²) in [6, 6.07) is 15.2. The van der Waals surface area contributed by atoms with Crippen molar-refractivity contribution in [2.24, 2.45) is 0 Å². The van der Waals surface area contributed by atoms with Gasteiger partial charge in [0.05, 0.1) is 23.7 Å². The van der Waals surface area contributed by atoms with Crippen molar-refractivity contribution < 1.29 is 9.40 Å². The van der Waals surface area contributed by atoms with Crippen molar-refractivity contribution in [2.45, 2.75) is 17.5 Å². The van der Waals surface area contributed by atoms with E-state index in [1.54, 1.807) is 22.6 Å². The molecule has 0 saturated heterocycles. The summed E-state index contributed by atoms with van der Waals surface area (Å²) in [5, 5.41) is 1.31. The van der Waals surface area contributed by atoms with E-state index >= 15 is 0 Å². The number of nitrogens with one attached hydrogen (secondary N) is 1. The predicted molar refractivity (Wildman–Crippen MR) is 96.4 cm³/mol. The van der Waals surface area contributed by atoms with Gasteiger partial charge in [0.1, 0.15) is 5.76 Å². The zero-order valence-corrected chi connectivity index (χ0v) is 14.2. The van der Waals surface area contributed by atoms with E-state index < -0.39 is 0 Å². The highest BCUT2D eigenvalue weighted by molar-refractivity contribution is 7.98. The summed E-state index contributed by atoms with van der Waals surface area (Å²) in [6.45, 7) is 0.370. The number of hydrogen-bond donors (Lipinski definition) is 0. The van der Waals surface area contributed by atoms with Gasteiger partial charge in [0.15, 0.2) is 17.6 Å². The quantitative estimate of drug-likeness (QED) is 0.410. The number of hydrogen-bond acceptors (Lipinski definition) is 4. The van der Waals surface area contributed by atoms with E-state index in [1.807, 2.05) is 60.9 Å². The molecule has 0 aliphatic heterocycles. The van der Waals surface area contributed by atoms with Crippen molar-refractivity contribution in [3.05, 3.63) is 88.9 Å². The number of para-hydroxylation sites is 1. The lowest BCUT2D eigenvalue weighted by Crippen LogP contribution is -2.23. The molecule has 25 heavy (non-hydrogen) atoms. The Balaban J connectivity index is 1.76. The van der Waals surface area contributed by atoms with E-state index in [0.29, 0.717) is 22.6 Å². The number of benzene rings is 1. The second-order valence-electron chi connectivity index (χ2n) is 5.58. The van der Waals surface area contributed by atoms with Gasteiger partial charge in [0.25, 0.3) is 5.56 Å². The highest BCUT2D eigenvalue weighted by Gasteiger charge is 2.13. The van der Waals surface area contributed by atoms with Gasteiger partial charge in [-0.3, -0.25) is 9.36 Å². The highest BCUT2D eigenvalue weighted by Crippen LogP contribution is 2.22. The molecule has 0 aliphatic rings. The van der Waals surface area contributed by atoms with Crippen LogP contribution in [-0.2, 0) is 12.3 Å². The first-order valence-electron chi connectivity index (χ1n) is 7.91. The van der Waals surface area contributed by atoms with Gasteiger partial charge in [-0.15, -0.1) is 0 Å². The minimum absolute atomic E-state index is 0.0501. The number of H-pyrrole nitrogens is 1.